The minimum Gasteiger partial charge on any atom is -0.366 e. The Morgan fingerprint density at radius 1 is 1.25 bits per heavy atom. The van der Waals surface area contributed by atoms with Gasteiger partial charge >= 0.3 is 0 Å². The zero-order valence-corrected chi connectivity index (χ0v) is 18.0. The van der Waals surface area contributed by atoms with E-state index in [0.717, 1.165) is 27.3 Å². The molecule has 0 atom stereocenters. The van der Waals surface area contributed by atoms with Gasteiger partial charge in [0.05, 0.1) is 10.4 Å². The molecule has 3 rings (SSSR count). The fourth-order valence-electron chi connectivity index (χ4n) is 2.67. The number of primary amides is 1. The normalized spacial score (nSPS) is 9.79. The van der Waals surface area contributed by atoms with Gasteiger partial charge in [-0.3, -0.25) is 9.78 Å². The number of hydrogen-bond donors (Lipinski definition) is 2. The molecule has 0 radical (unpaired) electrons. The van der Waals surface area contributed by atoms with Crippen molar-refractivity contribution in [1.29, 1.82) is 0 Å². The lowest BCUT2D eigenvalue weighted by atomic mass is 10.0. The number of unbranched alkanes of at least 4 members (excludes halogenated alkanes) is 2. The maximum atomic E-state index is 11.4. The number of carbonyl (C=O) groups excluding carboxylic acids is 1. The van der Waals surface area contributed by atoms with Gasteiger partial charge in [-0.15, -0.1) is 11.3 Å². The summed E-state index contributed by atoms with van der Waals surface area (Å²) in [6.45, 7) is 10.8. The predicted molar refractivity (Wildman–Crippen MR) is 125 cm³/mol. The van der Waals surface area contributed by atoms with Crippen molar-refractivity contribution in [2.45, 2.75) is 67.7 Å². The highest BCUT2D eigenvalue weighted by molar-refractivity contribution is 7.13. The van der Waals surface area contributed by atoms with Gasteiger partial charge in [0.15, 0.2) is 0 Å². The fraction of sp³-hybridized carbons (Fsp3) is 0.478. The summed E-state index contributed by atoms with van der Waals surface area (Å²) in [7, 11) is 0. The predicted octanol–water partition coefficient (Wildman–Crippen LogP) is 7.28. The Balaban J connectivity index is 0.000000571. The van der Waals surface area contributed by atoms with Crippen molar-refractivity contribution >= 4 is 28.1 Å². The standard InChI is InChI=1S/C12H9N3OS.C8H18.C2H6.CH4/c13-12(16)9-3-7(11-5-14-6-17-11)4-10-8(9)1-2-15-10;1-4-5-6-7-8(2)3;1-2;/h1-6,15H,(H2,13,16);8H,4-7H2,1-3H3;1-2H3;1H4. The Hall–Kier alpha value is -2.14. The first kappa shape index (κ1) is 25.9. The van der Waals surface area contributed by atoms with Crippen LogP contribution in [0.3, 0.4) is 0 Å². The molecule has 2 heterocycles. The lowest BCUT2D eigenvalue weighted by Gasteiger charge is -2.03. The van der Waals surface area contributed by atoms with E-state index in [1.54, 1.807) is 17.9 Å². The van der Waals surface area contributed by atoms with Crippen molar-refractivity contribution in [2.24, 2.45) is 11.7 Å². The van der Waals surface area contributed by atoms with Gasteiger partial charge in [0.2, 0.25) is 5.91 Å². The Morgan fingerprint density at radius 3 is 2.50 bits per heavy atom. The molecule has 0 fully saturated rings. The summed E-state index contributed by atoms with van der Waals surface area (Å²) in [6.07, 6.45) is 9.18. The molecule has 2 aromatic heterocycles. The Labute approximate surface area is 174 Å². The van der Waals surface area contributed by atoms with E-state index in [2.05, 4.69) is 30.7 Å². The molecule has 4 nitrogen and oxygen atoms in total. The third-order valence-electron chi connectivity index (χ3n) is 4.04. The molecule has 0 spiro atoms. The van der Waals surface area contributed by atoms with E-state index >= 15 is 0 Å². The fourth-order valence-corrected chi connectivity index (χ4v) is 3.28. The molecule has 0 aliphatic carbocycles. The largest absolute Gasteiger partial charge is 0.366 e. The number of rotatable bonds is 6. The van der Waals surface area contributed by atoms with Crippen LogP contribution in [0.25, 0.3) is 21.3 Å². The second kappa shape index (κ2) is 13.9. The van der Waals surface area contributed by atoms with Crippen LogP contribution < -0.4 is 5.73 Å². The van der Waals surface area contributed by atoms with Gasteiger partial charge in [-0.1, -0.05) is 67.7 Å². The summed E-state index contributed by atoms with van der Waals surface area (Å²) in [4.78, 5) is 19.6. The van der Waals surface area contributed by atoms with Crippen molar-refractivity contribution in [1.82, 2.24) is 9.97 Å². The molecule has 0 unspecified atom stereocenters. The van der Waals surface area contributed by atoms with Gasteiger partial charge < -0.3 is 10.7 Å². The monoisotopic (exact) mass is 403 g/mol. The first-order chi connectivity index (χ1) is 13.0. The minimum atomic E-state index is -0.416. The van der Waals surface area contributed by atoms with Crippen LogP contribution in [0.5, 0.6) is 0 Å². The summed E-state index contributed by atoms with van der Waals surface area (Å²) < 4.78 is 0. The van der Waals surface area contributed by atoms with Gasteiger partial charge in [0.1, 0.15) is 0 Å². The highest BCUT2D eigenvalue weighted by atomic mass is 32.1. The Bertz CT molecular complexity index is 791. The molecule has 1 amide bonds. The van der Waals surface area contributed by atoms with Crippen LogP contribution in [-0.2, 0) is 0 Å². The van der Waals surface area contributed by atoms with E-state index < -0.39 is 5.91 Å². The summed E-state index contributed by atoms with van der Waals surface area (Å²) in [5.74, 6) is 0.488. The minimum absolute atomic E-state index is 0. The highest BCUT2D eigenvalue weighted by Crippen LogP contribution is 2.29. The molecule has 1 aromatic carbocycles. The van der Waals surface area contributed by atoms with Gasteiger partial charge in [0.25, 0.3) is 0 Å². The van der Waals surface area contributed by atoms with Crippen LogP contribution in [0.15, 0.2) is 36.1 Å². The molecule has 28 heavy (non-hydrogen) atoms. The number of thiazole rings is 1. The first-order valence-corrected chi connectivity index (χ1v) is 10.7. The van der Waals surface area contributed by atoms with Crippen molar-refractivity contribution in [3.8, 4) is 10.4 Å². The summed E-state index contributed by atoms with van der Waals surface area (Å²) >= 11 is 1.53. The molecule has 0 saturated carbocycles. The van der Waals surface area contributed by atoms with Crippen molar-refractivity contribution in [2.75, 3.05) is 0 Å². The quantitative estimate of drug-likeness (QED) is 0.425. The molecule has 0 saturated heterocycles. The SMILES string of the molecule is C.CC.CCCCCC(C)C.NC(=O)c1cc(-c2cncs2)cc2[nH]ccc12. The number of H-pyrrole nitrogens is 1. The van der Waals surface area contributed by atoms with Gasteiger partial charge in [0, 0.05) is 28.9 Å². The number of aromatic amines is 1. The third kappa shape index (κ3) is 7.85. The zero-order valence-electron chi connectivity index (χ0n) is 17.2. The topological polar surface area (TPSA) is 71.8 Å². The average molecular weight is 404 g/mol. The van der Waals surface area contributed by atoms with Crippen molar-refractivity contribution in [3.05, 3.63) is 41.7 Å². The molecule has 5 heteroatoms. The second-order valence-corrected chi connectivity index (χ2v) is 7.47. The number of nitrogens with one attached hydrogen (secondary N) is 1. The number of fused-ring (bicyclic) bond motifs is 1. The number of carbonyl (C=O) groups is 1. The lowest BCUT2D eigenvalue weighted by molar-refractivity contribution is 0.100. The molecule has 0 aliphatic rings. The van der Waals surface area contributed by atoms with Gasteiger partial charge in [-0.25, -0.2) is 0 Å². The van der Waals surface area contributed by atoms with Crippen LogP contribution in [0.4, 0.5) is 0 Å². The van der Waals surface area contributed by atoms with E-state index in [1.807, 2.05) is 32.0 Å². The Morgan fingerprint density at radius 2 is 1.96 bits per heavy atom. The molecule has 0 aliphatic heterocycles. The number of hydrogen-bond acceptors (Lipinski definition) is 3. The molecule has 156 valence electrons. The number of benzene rings is 1. The maximum Gasteiger partial charge on any atom is 0.249 e. The molecule has 0 bridgehead atoms. The van der Waals surface area contributed by atoms with E-state index in [1.165, 1.54) is 37.0 Å². The number of nitrogens with two attached hydrogens (primary N) is 1. The van der Waals surface area contributed by atoms with Crippen LogP contribution in [0.2, 0.25) is 0 Å². The molecule has 3 N–H and O–H groups in total. The summed E-state index contributed by atoms with van der Waals surface area (Å²) in [5.41, 5.74) is 9.55. The maximum absolute atomic E-state index is 11.4. The van der Waals surface area contributed by atoms with E-state index in [9.17, 15) is 4.79 Å². The molecular weight excluding hydrogens is 366 g/mol. The van der Waals surface area contributed by atoms with E-state index in [0.29, 0.717) is 5.56 Å². The smallest absolute Gasteiger partial charge is 0.249 e. The average Bonchev–Trinajstić information content (AvgIpc) is 3.34. The number of aromatic nitrogens is 2. The van der Waals surface area contributed by atoms with Crippen LogP contribution in [0, 0.1) is 5.92 Å². The first-order valence-electron chi connectivity index (χ1n) is 9.82. The summed E-state index contributed by atoms with van der Waals surface area (Å²) in [5, 5.41) is 0.853. The van der Waals surface area contributed by atoms with E-state index in [-0.39, 0.29) is 7.43 Å². The number of amides is 1. The third-order valence-corrected chi connectivity index (χ3v) is 4.86. The second-order valence-electron chi connectivity index (χ2n) is 6.58. The lowest BCUT2D eigenvalue weighted by Crippen LogP contribution is -2.11. The number of nitrogens with zero attached hydrogens (tertiary/aromatic N) is 1. The van der Waals surface area contributed by atoms with Crippen molar-refractivity contribution < 1.29 is 4.79 Å². The van der Waals surface area contributed by atoms with Gasteiger partial charge in [-0.05, 0) is 29.7 Å². The van der Waals surface area contributed by atoms with Crippen LogP contribution in [-0.4, -0.2) is 15.9 Å². The van der Waals surface area contributed by atoms with Crippen LogP contribution >= 0.6 is 11.3 Å². The Kier molecular flexibility index (Phi) is 12.9. The summed E-state index contributed by atoms with van der Waals surface area (Å²) in [6, 6.07) is 5.66. The van der Waals surface area contributed by atoms with Crippen molar-refractivity contribution in [3.63, 3.8) is 0 Å². The van der Waals surface area contributed by atoms with Crippen LogP contribution in [0.1, 0.15) is 78.1 Å². The highest BCUT2D eigenvalue weighted by Gasteiger charge is 2.11. The molecular formula is C23H37N3OS. The van der Waals surface area contributed by atoms with E-state index in [4.69, 9.17) is 5.73 Å². The zero-order chi connectivity index (χ0) is 20.2. The van der Waals surface area contributed by atoms with Gasteiger partial charge in [-0.2, -0.15) is 0 Å². The molecule has 3 aromatic rings.